The fraction of sp³-hybridized carbons (Fsp3) is 0.444. The highest BCUT2D eigenvalue weighted by Crippen LogP contribution is 2.55. The van der Waals surface area contributed by atoms with Gasteiger partial charge in [0.1, 0.15) is 11.5 Å². The van der Waals surface area contributed by atoms with Crippen LogP contribution in [0.2, 0.25) is 0 Å². The van der Waals surface area contributed by atoms with Gasteiger partial charge >= 0.3 is 12.4 Å². The summed E-state index contributed by atoms with van der Waals surface area (Å²) in [4.78, 5) is 13.3. The number of rotatable bonds is 2. The van der Waals surface area contributed by atoms with E-state index in [1.54, 1.807) is 0 Å². The molecule has 1 saturated heterocycles. The van der Waals surface area contributed by atoms with Crippen LogP contribution in [0.5, 0.6) is 0 Å². The molecule has 2 aromatic rings. The standard InChI is InChI=1S/C18H15F8N3O/c1-9-14(10(2)29(27-9)13-4-3-11(19)7-12(13)20)15(30)28-6-5-16(8-28,17(21,22)23)18(24,25)26/h3-4,7H,5-6,8H2,1-2H3. The van der Waals surface area contributed by atoms with E-state index in [4.69, 9.17) is 0 Å². The zero-order valence-corrected chi connectivity index (χ0v) is 15.6. The van der Waals surface area contributed by atoms with Crippen LogP contribution in [0.15, 0.2) is 18.2 Å². The zero-order valence-electron chi connectivity index (χ0n) is 15.6. The van der Waals surface area contributed by atoms with Crippen molar-refractivity contribution >= 4 is 5.91 Å². The minimum atomic E-state index is -5.59. The Labute approximate surface area is 165 Å². The van der Waals surface area contributed by atoms with Crippen LogP contribution in [0, 0.1) is 30.9 Å². The SMILES string of the molecule is Cc1nn(-c2ccc(F)cc2F)c(C)c1C(=O)N1CCC(C(F)(F)F)(C(F)(F)F)C1. The zero-order chi connectivity index (χ0) is 22.6. The summed E-state index contributed by atoms with van der Waals surface area (Å²) in [5, 5.41) is 3.96. The van der Waals surface area contributed by atoms with Crippen LogP contribution in [0.3, 0.4) is 0 Å². The third-order valence-corrected chi connectivity index (χ3v) is 5.28. The number of carbonyl (C=O) groups excluding carboxylic acids is 1. The monoisotopic (exact) mass is 441 g/mol. The number of hydrogen-bond acceptors (Lipinski definition) is 2. The molecule has 0 aliphatic carbocycles. The number of halogens is 8. The third kappa shape index (κ3) is 3.31. The van der Waals surface area contributed by atoms with Crippen LogP contribution in [0.1, 0.15) is 28.2 Å². The summed E-state index contributed by atoms with van der Waals surface area (Å²) in [6, 6.07) is 2.57. The van der Waals surface area contributed by atoms with Crippen molar-refractivity contribution in [2.45, 2.75) is 32.6 Å². The Morgan fingerprint density at radius 3 is 2.17 bits per heavy atom. The maximum atomic E-state index is 14.1. The van der Waals surface area contributed by atoms with Gasteiger partial charge < -0.3 is 4.90 Å². The summed E-state index contributed by atoms with van der Waals surface area (Å²) < 4.78 is 108. The van der Waals surface area contributed by atoms with Gasteiger partial charge in [0.2, 0.25) is 0 Å². The van der Waals surface area contributed by atoms with Gasteiger partial charge in [0.05, 0.1) is 17.0 Å². The third-order valence-electron chi connectivity index (χ3n) is 5.28. The topological polar surface area (TPSA) is 38.1 Å². The number of aromatic nitrogens is 2. The van der Waals surface area contributed by atoms with Crippen molar-refractivity contribution in [3.05, 3.63) is 46.8 Å². The van der Waals surface area contributed by atoms with Crippen molar-refractivity contribution in [1.29, 1.82) is 0 Å². The van der Waals surface area contributed by atoms with E-state index < -0.39 is 54.8 Å². The first-order valence-corrected chi connectivity index (χ1v) is 8.64. The second-order valence-corrected chi connectivity index (χ2v) is 7.11. The van der Waals surface area contributed by atoms with Gasteiger partial charge in [-0.25, -0.2) is 13.5 Å². The van der Waals surface area contributed by atoms with E-state index in [1.807, 2.05) is 0 Å². The Bertz CT molecular complexity index is 979. The Morgan fingerprint density at radius 2 is 1.67 bits per heavy atom. The molecular formula is C18H15F8N3O. The van der Waals surface area contributed by atoms with Crippen molar-refractivity contribution in [2.75, 3.05) is 13.1 Å². The summed E-state index contributed by atoms with van der Waals surface area (Å²) in [6.45, 7) is 0.294. The number of aryl methyl sites for hydroxylation is 1. The molecule has 1 aromatic heterocycles. The van der Waals surface area contributed by atoms with Gasteiger partial charge in [-0.15, -0.1) is 0 Å². The van der Waals surface area contributed by atoms with Gasteiger partial charge in [0.15, 0.2) is 11.2 Å². The second kappa shape index (κ2) is 6.95. The van der Waals surface area contributed by atoms with Crippen molar-refractivity contribution in [1.82, 2.24) is 14.7 Å². The van der Waals surface area contributed by atoms with E-state index in [1.165, 1.54) is 13.8 Å². The Hall–Kier alpha value is -2.66. The molecule has 0 spiro atoms. The molecule has 0 N–H and O–H groups in total. The molecule has 1 amide bonds. The number of amides is 1. The fourth-order valence-electron chi connectivity index (χ4n) is 3.60. The molecule has 0 bridgehead atoms. The summed E-state index contributed by atoms with van der Waals surface area (Å²) in [5.41, 5.74) is -4.50. The molecule has 1 aliphatic rings. The molecule has 1 aliphatic heterocycles. The fourth-order valence-corrected chi connectivity index (χ4v) is 3.60. The number of hydrogen-bond donors (Lipinski definition) is 0. The first-order chi connectivity index (χ1) is 13.7. The second-order valence-electron chi connectivity index (χ2n) is 7.11. The van der Waals surface area contributed by atoms with Crippen LogP contribution in [0.25, 0.3) is 5.69 Å². The van der Waals surface area contributed by atoms with Gasteiger partial charge in [-0.3, -0.25) is 4.79 Å². The molecule has 12 heteroatoms. The van der Waals surface area contributed by atoms with Gasteiger partial charge in [-0.1, -0.05) is 0 Å². The molecule has 1 fully saturated rings. The maximum Gasteiger partial charge on any atom is 0.404 e. The quantitative estimate of drug-likeness (QED) is 0.633. The lowest BCUT2D eigenvalue weighted by molar-refractivity contribution is -0.334. The predicted molar refractivity (Wildman–Crippen MR) is 88.0 cm³/mol. The molecule has 1 aromatic carbocycles. The molecule has 0 atom stereocenters. The van der Waals surface area contributed by atoms with Crippen LogP contribution in [-0.4, -0.2) is 46.0 Å². The van der Waals surface area contributed by atoms with E-state index >= 15 is 0 Å². The number of alkyl halides is 6. The molecule has 3 rings (SSSR count). The lowest BCUT2D eigenvalue weighted by atomic mass is 9.85. The summed E-state index contributed by atoms with van der Waals surface area (Å²) in [6.07, 6.45) is -12.5. The lowest BCUT2D eigenvalue weighted by Gasteiger charge is -2.33. The van der Waals surface area contributed by atoms with Crippen molar-refractivity contribution in [3.8, 4) is 5.69 Å². The normalized spacial score (nSPS) is 16.9. The minimum Gasteiger partial charge on any atom is -0.337 e. The van der Waals surface area contributed by atoms with Gasteiger partial charge in [0, 0.05) is 19.2 Å². The van der Waals surface area contributed by atoms with E-state index in [9.17, 15) is 39.9 Å². The Morgan fingerprint density at radius 1 is 1.07 bits per heavy atom. The maximum absolute atomic E-state index is 14.1. The van der Waals surface area contributed by atoms with Crippen LogP contribution >= 0.6 is 0 Å². The first kappa shape index (κ1) is 22.0. The highest BCUT2D eigenvalue weighted by molar-refractivity contribution is 5.96. The summed E-state index contributed by atoms with van der Waals surface area (Å²) in [7, 11) is 0. The highest BCUT2D eigenvalue weighted by Gasteiger charge is 2.73. The molecule has 164 valence electrons. The van der Waals surface area contributed by atoms with Crippen LogP contribution in [0.4, 0.5) is 35.1 Å². The van der Waals surface area contributed by atoms with Gasteiger partial charge in [-0.2, -0.15) is 31.4 Å². The van der Waals surface area contributed by atoms with Crippen LogP contribution < -0.4 is 0 Å². The lowest BCUT2D eigenvalue weighted by Crippen LogP contribution is -2.52. The van der Waals surface area contributed by atoms with Crippen LogP contribution in [-0.2, 0) is 0 Å². The molecule has 30 heavy (non-hydrogen) atoms. The van der Waals surface area contributed by atoms with Crippen molar-refractivity contribution < 1.29 is 39.9 Å². The number of benzene rings is 1. The molecule has 0 saturated carbocycles. The number of likely N-dealkylation sites (tertiary alicyclic amines) is 1. The molecular weight excluding hydrogens is 426 g/mol. The minimum absolute atomic E-state index is 0.000439. The van der Waals surface area contributed by atoms with E-state index in [-0.39, 0.29) is 22.6 Å². The van der Waals surface area contributed by atoms with E-state index in [0.29, 0.717) is 11.0 Å². The predicted octanol–water partition coefficient (Wildman–Crippen LogP) is 4.72. The molecule has 4 nitrogen and oxygen atoms in total. The Balaban J connectivity index is 1.98. The molecule has 0 unspecified atom stereocenters. The van der Waals surface area contributed by atoms with E-state index in [2.05, 4.69) is 5.10 Å². The van der Waals surface area contributed by atoms with Gasteiger partial charge in [-0.05, 0) is 32.4 Å². The highest BCUT2D eigenvalue weighted by atomic mass is 19.4. The van der Waals surface area contributed by atoms with Crippen molar-refractivity contribution in [2.24, 2.45) is 5.41 Å². The average molecular weight is 441 g/mol. The van der Waals surface area contributed by atoms with E-state index in [0.717, 1.165) is 16.8 Å². The smallest absolute Gasteiger partial charge is 0.337 e. The molecule has 2 heterocycles. The Kier molecular flexibility index (Phi) is 5.10. The number of nitrogens with zero attached hydrogens (tertiary/aromatic N) is 3. The number of carbonyl (C=O) groups is 1. The van der Waals surface area contributed by atoms with Crippen molar-refractivity contribution in [3.63, 3.8) is 0 Å². The summed E-state index contributed by atoms with van der Waals surface area (Å²) in [5.74, 6) is -2.94. The van der Waals surface area contributed by atoms with Gasteiger partial charge in [0.25, 0.3) is 5.91 Å². The molecule has 0 radical (unpaired) electrons. The summed E-state index contributed by atoms with van der Waals surface area (Å²) >= 11 is 0. The first-order valence-electron chi connectivity index (χ1n) is 8.64. The largest absolute Gasteiger partial charge is 0.404 e. The average Bonchev–Trinajstić information content (AvgIpc) is 3.17.